The molecule has 3 aromatic rings. The zero-order valence-corrected chi connectivity index (χ0v) is 15.6. The average molecular weight is 363 g/mol. The number of hydrogen-bond acceptors (Lipinski definition) is 4. The summed E-state index contributed by atoms with van der Waals surface area (Å²) in [6, 6.07) is 14.0. The minimum Gasteiger partial charge on any atom is -0.297 e. The van der Waals surface area contributed by atoms with E-state index in [1.807, 2.05) is 36.5 Å². The summed E-state index contributed by atoms with van der Waals surface area (Å²) in [6.45, 7) is 4.91. The van der Waals surface area contributed by atoms with E-state index in [-0.39, 0.29) is 11.6 Å². The molecule has 0 amide bonds. The summed E-state index contributed by atoms with van der Waals surface area (Å²) in [7, 11) is 0. The zero-order valence-electron chi connectivity index (χ0n) is 15.6. The SMILES string of the molecule is CCc1ccc(CN2CCCC(c3n[nH]c(=O)n3-c3ccccc3)C2)nc1. The Morgan fingerprint density at radius 2 is 2.04 bits per heavy atom. The van der Waals surface area contributed by atoms with Gasteiger partial charge in [-0.05, 0) is 49.6 Å². The molecule has 1 saturated heterocycles. The molecular formula is C21H25N5O. The van der Waals surface area contributed by atoms with E-state index in [1.165, 1.54) is 5.56 Å². The summed E-state index contributed by atoms with van der Waals surface area (Å²) in [4.78, 5) is 19.3. The Balaban J connectivity index is 1.53. The molecule has 1 fully saturated rings. The standard InChI is InChI=1S/C21H25N5O/c1-2-16-10-11-18(22-13-16)15-25-12-6-7-17(14-25)20-23-24-21(27)26(20)19-8-4-3-5-9-19/h3-5,8-11,13,17H,2,6-7,12,14-15H2,1H3,(H,24,27). The van der Waals surface area contributed by atoms with Gasteiger partial charge in [-0.25, -0.2) is 14.5 Å². The van der Waals surface area contributed by atoms with Crippen molar-refractivity contribution in [2.45, 2.75) is 38.6 Å². The molecule has 6 nitrogen and oxygen atoms in total. The maximum Gasteiger partial charge on any atom is 0.347 e. The Labute approximate surface area is 158 Å². The maximum atomic E-state index is 12.3. The molecule has 1 aromatic carbocycles. The van der Waals surface area contributed by atoms with E-state index in [0.29, 0.717) is 0 Å². The number of H-pyrrole nitrogens is 1. The number of likely N-dealkylation sites (tertiary alicyclic amines) is 1. The molecule has 1 aliphatic heterocycles. The van der Waals surface area contributed by atoms with Gasteiger partial charge in [0.1, 0.15) is 5.82 Å². The third kappa shape index (κ3) is 3.85. The predicted molar refractivity (Wildman–Crippen MR) is 105 cm³/mol. The van der Waals surface area contributed by atoms with Crippen LogP contribution in [0.4, 0.5) is 0 Å². The Morgan fingerprint density at radius 3 is 2.78 bits per heavy atom. The molecule has 140 valence electrons. The first-order valence-electron chi connectivity index (χ1n) is 9.63. The molecule has 0 radical (unpaired) electrons. The summed E-state index contributed by atoms with van der Waals surface area (Å²) in [5, 5.41) is 7.00. The van der Waals surface area contributed by atoms with E-state index >= 15 is 0 Å². The van der Waals surface area contributed by atoms with Crippen molar-refractivity contribution in [3.8, 4) is 5.69 Å². The van der Waals surface area contributed by atoms with Gasteiger partial charge in [0.05, 0.1) is 11.4 Å². The number of aryl methyl sites for hydroxylation is 1. The Morgan fingerprint density at radius 1 is 1.19 bits per heavy atom. The van der Waals surface area contributed by atoms with Gasteiger partial charge in [0.25, 0.3) is 0 Å². The molecule has 6 heteroatoms. The number of aromatic amines is 1. The van der Waals surface area contributed by atoms with Crippen molar-refractivity contribution in [1.29, 1.82) is 0 Å². The maximum absolute atomic E-state index is 12.3. The predicted octanol–water partition coefficient (Wildman–Crippen LogP) is 2.90. The highest BCUT2D eigenvalue weighted by atomic mass is 16.1. The fourth-order valence-electron chi connectivity index (χ4n) is 3.81. The summed E-state index contributed by atoms with van der Waals surface area (Å²) >= 11 is 0. The van der Waals surface area contributed by atoms with Crippen molar-refractivity contribution in [2.24, 2.45) is 0 Å². The van der Waals surface area contributed by atoms with Crippen LogP contribution in [0.2, 0.25) is 0 Å². The van der Waals surface area contributed by atoms with Gasteiger partial charge in [-0.3, -0.25) is 9.88 Å². The number of nitrogens with zero attached hydrogens (tertiary/aromatic N) is 4. The van der Waals surface area contributed by atoms with Gasteiger partial charge in [-0.1, -0.05) is 31.2 Å². The fourth-order valence-corrected chi connectivity index (χ4v) is 3.81. The van der Waals surface area contributed by atoms with E-state index in [9.17, 15) is 4.79 Å². The third-order valence-corrected chi connectivity index (χ3v) is 5.26. The molecule has 0 aliphatic carbocycles. The molecule has 3 heterocycles. The molecule has 27 heavy (non-hydrogen) atoms. The Kier molecular flexibility index (Phi) is 5.16. The number of para-hydroxylation sites is 1. The average Bonchev–Trinajstić information content (AvgIpc) is 3.11. The molecule has 0 spiro atoms. The van der Waals surface area contributed by atoms with E-state index in [1.54, 1.807) is 4.57 Å². The normalized spacial score (nSPS) is 17.9. The molecule has 2 aromatic heterocycles. The number of hydrogen-bond donors (Lipinski definition) is 1. The summed E-state index contributed by atoms with van der Waals surface area (Å²) in [5.41, 5.74) is 3.04. The molecule has 1 atom stereocenters. The van der Waals surface area contributed by atoms with E-state index in [4.69, 9.17) is 0 Å². The van der Waals surface area contributed by atoms with Gasteiger partial charge < -0.3 is 0 Å². The molecule has 4 rings (SSSR count). The van der Waals surface area contributed by atoms with Crippen LogP contribution >= 0.6 is 0 Å². The second kappa shape index (κ2) is 7.88. The molecule has 1 unspecified atom stereocenters. The van der Waals surface area contributed by atoms with Crippen molar-refractivity contribution < 1.29 is 0 Å². The summed E-state index contributed by atoms with van der Waals surface area (Å²) in [5.74, 6) is 1.05. The number of pyridine rings is 1. The number of rotatable bonds is 5. The van der Waals surface area contributed by atoms with E-state index < -0.39 is 0 Å². The van der Waals surface area contributed by atoms with Gasteiger partial charge >= 0.3 is 5.69 Å². The van der Waals surface area contributed by atoms with Gasteiger partial charge in [0.15, 0.2) is 0 Å². The zero-order chi connectivity index (χ0) is 18.6. The van der Waals surface area contributed by atoms with Crippen LogP contribution in [0.3, 0.4) is 0 Å². The molecule has 1 aliphatic rings. The second-order valence-corrected chi connectivity index (χ2v) is 7.14. The second-order valence-electron chi connectivity index (χ2n) is 7.14. The van der Waals surface area contributed by atoms with Crippen LogP contribution in [0.5, 0.6) is 0 Å². The minimum absolute atomic E-state index is 0.176. The lowest BCUT2D eigenvalue weighted by Crippen LogP contribution is -2.35. The van der Waals surface area contributed by atoms with Crippen LogP contribution in [-0.2, 0) is 13.0 Å². The van der Waals surface area contributed by atoms with Gasteiger partial charge in [-0.15, -0.1) is 0 Å². The van der Waals surface area contributed by atoms with Crippen molar-refractivity contribution in [1.82, 2.24) is 24.6 Å². The summed E-state index contributed by atoms with van der Waals surface area (Å²) < 4.78 is 1.71. The van der Waals surface area contributed by atoms with Crippen LogP contribution in [-0.4, -0.2) is 37.7 Å². The first kappa shape index (κ1) is 17.7. The highest BCUT2D eigenvalue weighted by Gasteiger charge is 2.26. The van der Waals surface area contributed by atoms with Crippen molar-refractivity contribution in [3.05, 3.63) is 76.2 Å². The fraction of sp³-hybridized carbons (Fsp3) is 0.381. The number of aromatic nitrogens is 4. The lowest BCUT2D eigenvalue weighted by Gasteiger charge is -2.32. The van der Waals surface area contributed by atoms with Crippen LogP contribution in [0, 0.1) is 0 Å². The van der Waals surface area contributed by atoms with Crippen molar-refractivity contribution in [3.63, 3.8) is 0 Å². The lowest BCUT2D eigenvalue weighted by atomic mass is 9.96. The topological polar surface area (TPSA) is 66.8 Å². The van der Waals surface area contributed by atoms with Crippen LogP contribution < -0.4 is 5.69 Å². The number of benzene rings is 1. The first-order valence-corrected chi connectivity index (χ1v) is 9.63. The van der Waals surface area contributed by atoms with E-state index in [2.05, 4.69) is 39.1 Å². The van der Waals surface area contributed by atoms with Gasteiger partial charge in [-0.2, -0.15) is 5.10 Å². The smallest absolute Gasteiger partial charge is 0.297 e. The highest BCUT2D eigenvalue weighted by Crippen LogP contribution is 2.27. The van der Waals surface area contributed by atoms with Gasteiger partial charge in [0.2, 0.25) is 0 Å². The number of piperidine rings is 1. The van der Waals surface area contributed by atoms with Crippen LogP contribution in [0.15, 0.2) is 53.5 Å². The van der Waals surface area contributed by atoms with Crippen molar-refractivity contribution >= 4 is 0 Å². The molecular weight excluding hydrogens is 338 g/mol. The van der Waals surface area contributed by atoms with E-state index in [0.717, 1.165) is 56.1 Å². The highest BCUT2D eigenvalue weighted by molar-refractivity contribution is 5.32. The molecule has 1 N–H and O–H groups in total. The van der Waals surface area contributed by atoms with Gasteiger partial charge in [0, 0.05) is 25.2 Å². The minimum atomic E-state index is -0.176. The quantitative estimate of drug-likeness (QED) is 0.757. The number of nitrogens with one attached hydrogen (secondary N) is 1. The largest absolute Gasteiger partial charge is 0.347 e. The summed E-state index contributed by atoms with van der Waals surface area (Å²) in [6.07, 6.45) is 5.11. The molecule has 0 saturated carbocycles. The third-order valence-electron chi connectivity index (χ3n) is 5.26. The first-order chi connectivity index (χ1) is 13.2. The van der Waals surface area contributed by atoms with Crippen molar-refractivity contribution in [2.75, 3.05) is 13.1 Å². The lowest BCUT2D eigenvalue weighted by molar-refractivity contribution is 0.193. The van der Waals surface area contributed by atoms with Crippen LogP contribution in [0.1, 0.15) is 42.8 Å². The monoisotopic (exact) mass is 363 g/mol. The Bertz CT molecular complexity index is 929. The van der Waals surface area contributed by atoms with Crippen LogP contribution in [0.25, 0.3) is 5.69 Å². The Hall–Kier alpha value is -2.73. The molecule has 0 bridgehead atoms.